The lowest BCUT2D eigenvalue weighted by Gasteiger charge is -2.16. The van der Waals surface area contributed by atoms with Crippen molar-refractivity contribution in [3.05, 3.63) is 34.9 Å². The fraction of sp³-hybridized carbons (Fsp3) is 0.500. The van der Waals surface area contributed by atoms with E-state index in [0.717, 1.165) is 29.5 Å². The fourth-order valence-corrected chi connectivity index (χ4v) is 2.07. The number of hydrogen-bond acceptors (Lipinski definition) is 2. The van der Waals surface area contributed by atoms with E-state index in [1.54, 1.807) is 0 Å². The van der Waals surface area contributed by atoms with Crippen LogP contribution >= 0.6 is 0 Å². The number of hydrogen-bond donors (Lipinski definition) is 3. The van der Waals surface area contributed by atoms with Crippen LogP contribution in [0.5, 0.6) is 0 Å². The number of nitrogens with two attached hydrogens (primary N) is 1. The van der Waals surface area contributed by atoms with E-state index < -0.39 is 11.9 Å². The second-order valence-electron chi connectivity index (χ2n) is 5.35. The highest BCUT2D eigenvalue weighted by molar-refractivity contribution is 5.85. The Kier molecular flexibility index (Phi) is 6.72. The number of carbonyl (C=O) groups is 2. The molecule has 0 fully saturated rings. The second kappa shape index (κ2) is 8.29. The number of amides is 3. The summed E-state index contributed by atoms with van der Waals surface area (Å²) in [5, 5.41) is 5.40. The largest absolute Gasteiger partial charge is 0.368 e. The van der Waals surface area contributed by atoms with Gasteiger partial charge in [0.2, 0.25) is 5.91 Å². The highest BCUT2D eigenvalue weighted by Crippen LogP contribution is 2.10. The molecule has 0 bridgehead atoms. The molecule has 5 heteroatoms. The Balaban J connectivity index is 2.52. The van der Waals surface area contributed by atoms with Gasteiger partial charge in [0, 0.05) is 6.54 Å². The standard InChI is InChI=1S/C16H25N3O2/c1-4-5-6-14(15(17)20)19-16(21)18-10-13-9-11(2)7-8-12(13)3/h7-9,14H,4-6,10H2,1-3H3,(H2,17,20)(H2,18,19,21)/t14-/m1/s1. The van der Waals surface area contributed by atoms with E-state index >= 15 is 0 Å². The van der Waals surface area contributed by atoms with E-state index in [1.165, 1.54) is 0 Å². The van der Waals surface area contributed by atoms with Crippen LogP contribution in [0.1, 0.15) is 42.9 Å². The van der Waals surface area contributed by atoms with Gasteiger partial charge in [0.05, 0.1) is 0 Å². The zero-order chi connectivity index (χ0) is 15.8. The van der Waals surface area contributed by atoms with Crippen molar-refractivity contribution < 1.29 is 9.59 Å². The maximum atomic E-state index is 11.9. The third kappa shape index (κ3) is 5.85. The Morgan fingerprint density at radius 2 is 2.00 bits per heavy atom. The molecule has 0 saturated heterocycles. The minimum atomic E-state index is -0.608. The van der Waals surface area contributed by atoms with Crippen molar-refractivity contribution in [1.29, 1.82) is 0 Å². The highest BCUT2D eigenvalue weighted by atomic mass is 16.2. The van der Waals surface area contributed by atoms with Crippen molar-refractivity contribution in [3.8, 4) is 0 Å². The molecule has 0 aliphatic rings. The molecular formula is C16H25N3O2. The summed E-state index contributed by atoms with van der Waals surface area (Å²) in [6.07, 6.45) is 2.38. The molecule has 116 valence electrons. The third-order valence-corrected chi connectivity index (χ3v) is 3.44. The minimum Gasteiger partial charge on any atom is -0.368 e. The number of aryl methyl sites for hydroxylation is 2. The summed E-state index contributed by atoms with van der Waals surface area (Å²) in [6, 6.07) is 5.13. The summed E-state index contributed by atoms with van der Waals surface area (Å²) < 4.78 is 0. The molecule has 1 atom stereocenters. The average Bonchev–Trinajstić information content (AvgIpc) is 2.44. The molecule has 1 aromatic rings. The summed E-state index contributed by atoms with van der Waals surface area (Å²) in [4.78, 5) is 23.2. The number of primary amides is 1. The molecule has 1 rings (SSSR count). The van der Waals surface area contributed by atoms with Crippen molar-refractivity contribution in [2.45, 2.75) is 52.6 Å². The van der Waals surface area contributed by atoms with Gasteiger partial charge >= 0.3 is 6.03 Å². The molecule has 0 heterocycles. The lowest BCUT2D eigenvalue weighted by Crippen LogP contribution is -2.48. The van der Waals surface area contributed by atoms with Crippen LogP contribution in [-0.2, 0) is 11.3 Å². The van der Waals surface area contributed by atoms with Gasteiger partial charge in [-0.3, -0.25) is 4.79 Å². The van der Waals surface area contributed by atoms with Gasteiger partial charge in [-0.25, -0.2) is 4.79 Å². The molecule has 0 saturated carbocycles. The van der Waals surface area contributed by atoms with Crippen LogP contribution in [0, 0.1) is 13.8 Å². The highest BCUT2D eigenvalue weighted by Gasteiger charge is 2.17. The van der Waals surface area contributed by atoms with Gasteiger partial charge in [-0.05, 0) is 31.4 Å². The predicted molar refractivity (Wildman–Crippen MR) is 83.8 cm³/mol. The second-order valence-corrected chi connectivity index (χ2v) is 5.35. The van der Waals surface area contributed by atoms with Gasteiger partial charge in [-0.1, -0.05) is 43.5 Å². The summed E-state index contributed by atoms with van der Waals surface area (Å²) in [5.74, 6) is -0.495. The van der Waals surface area contributed by atoms with Crippen LogP contribution in [0.2, 0.25) is 0 Å². The Bertz CT molecular complexity index is 500. The van der Waals surface area contributed by atoms with Gasteiger partial charge in [0.1, 0.15) is 6.04 Å². The van der Waals surface area contributed by atoms with Gasteiger partial charge in [0.25, 0.3) is 0 Å². The van der Waals surface area contributed by atoms with Crippen LogP contribution < -0.4 is 16.4 Å². The summed E-state index contributed by atoms with van der Waals surface area (Å²) >= 11 is 0. The molecule has 3 amide bonds. The van der Waals surface area contributed by atoms with E-state index in [2.05, 4.69) is 10.6 Å². The molecule has 0 spiro atoms. The van der Waals surface area contributed by atoms with Crippen molar-refractivity contribution in [2.75, 3.05) is 0 Å². The summed E-state index contributed by atoms with van der Waals surface area (Å²) in [6.45, 7) is 6.47. The number of carbonyl (C=O) groups excluding carboxylic acids is 2. The summed E-state index contributed by atoms with van der Waals surface area (Å²) in [5.41, 5.74) is 8.63. The van der Waals surface area contributed by atoms with Gasteiger partial charge < -0.3 is 16.4 Å². The first kappa shape index (κ1) is 17.0. The molecule has 0 aliphatic heterocycles. The Hall–Kier alpha value is -2.04. The number of nitrogens with one attached hydrogen (secondary N) is 2. The van der Waals surface area contributed by atoms with Crippen molar-refractivity contribution >= 4 is 11.9 Å². The Morgan fingerprint density at radius 3 is 2.62 bits per heavy atom. The molecule has 21 heavy (non-hydrogen) atoms. The van der Waals surface area contributed by atoms with E-state index in [9.17, 15) is 9.59 Å². The third-order valence-electron chi connectivity index (χ3n) is 3.44. The Labute approximate surface area is 126 Å². The zero-order valence-electron chi connectivity index (χ0n) is 13.0. The summed E-state index contributed by atoms with van der Waals surface area (Å²) in [7, 11) is 0. The van der Waals surface area contributed by atoms with E-state index in [-0.39, 0.29) is 6.03 Å². The monoisotopic (exact) mass is 291 g/mol. The average molecular weight is 291 g/mol. The number of unbranched alkanes of at least 4 members (excludes halogenated alkanes) is 1. The molecule has 0 unspecified atom stereocenters. The lowest BCUT2D eigenvalue weighted by atomic mass is 10.1. The molecule has 0 aromatic heterocycles. The lowest BCUT2D eigenvalue weighted by molar-refractivity contribution is -0.119. The van der Waals surface area contributed by atoms with Crippen LogP contribution in [-0.4, -0.2) is 18.0 Å². The number of rotatable bonds is 7. The fourth-order valence-electron chi connectivity index (χ4n) is 2.07. The van der Waals surface area contributed by atoms with E-state index in [4.69, 9.17) is 5.73 Å². The SMILES string of the molecule is CCCC[C@@H](NC(=O)NCc1cc(C)ccc1C)C(N)=O. The van der Waals surface area contributed by atoms with Gasteiger partial charge in [0.15, 0.2) is 0 Å². The first-order chi connectivity index (χ1) is 9.93. The zero-order valence-corrected chi connectivity index (χ0v) is 13.0. The normalized spacial score (nSPS) is 11.8. The minimum absolute atomic E-state index is 0.365. The number of benzene rings is 1. The molecule has 1 aromatic carbocycles. The van der Waals surface area contributed by atoms with Crippen LogP contribution in [0.25, 0.3) is 0 Å². The van der Waals surface area contributed by atoms with Crippen molar-refractivity contribution in [3.63, 3.8) is 0 Å². The predicted octanol–water partition coefficient (Wildman–Crippen LogP) is 2.15. The maximum absolute atomic E-state index is 11.9. The van der Waals surface area contributed by atoms with Crippen molar-refractivity contribution in [1.82, 2.24) is 10.6 Å². The van der Waals surface area contributed by atoms with Crippen LogP contribution in [0.3, 0.4) is 0 Å². The van der Waals surface area contributed by atoms with E-state index in [1.807, 2.05) is 39.0 Å². The topological polar surface area (TPSA) is 84.2 Å². The van der Waals surface area contributed by atoms with E-state index in [0.29, 0.717) is 13.0 Å². The van der Waals surface area contributed by atoms with Crippen LogP contribution in [0.15, 0.2) is 18.2 Å². The smallest absolute Gasteiger partial charge is 0.315 e. The number of urea groups is 1. The van der Waals surface area contributed by atoms with Gasteiger partial charge in [-0.2, -0.15) is 0 Å². The molecule has 0 radical (unpaired) electrons. The maximum Gasteiger partial charge on any atom is 0.315 e. The first-order valence-corrected chi connectivity index (χ1v) is 7.33. The van der Waals surface area contributed by atoms with Crippen LogP contribution in [0.4, 0.5) is 4.79 Å². The quantitative estimate of drug-likeness (QED) is 0.719. The molecular weight excluding hydrogens is 266 g/mol. The van der Waals surface area contributed by atoms with Crippen molar-refractivity contribution in [2.24, 2.45) is 5.73 Å². The molecule has 0 aliphatic carbocycles. The Morgan fingerprint density at radius 1 is 1.29 bits per heavy atom. The van der Waals surface area contributed by atoms with Gasteiger partial charge in [-0.15, -0.1) is 0 Å². The first-order valence-electron chi connectivity index (χ1n) is 7.33. The molecule has 4 N–H and O–H groups in total. The molecule has 5 nitrogen and oxygen atoms in total.